The van der Waals surface area contributed by atoms with Crippen molar-refractivity contribution in [2.24, 2.45) is 0 Å². The zero-order valence-corrected chi connectivity index (χ0v) is 14.7. The number of carbonyl (C=O) groups is 1. The minimum atomic E-state index is -0.437. The van der Waals surface area contributed by atoms with Gasteiger partial charge in [-0.3, -0.25) is 14.2 Å². The van der Waals surface area contributed by atoms with Gasteiger partial charge in [0, 0.05) is 0 Å². The Balaban J connectivity index is 1.72. The third kappa shape index (κ3) is 2.51. The van der Waals surface area contributed by atoms with Crippen LogP contribution in [-0.4, -0.2) is 15.3 Å². The van der Waals surface area contributed by atoms with Crippen LogP contribution < -0.4 is 10.3 Å². The molecule has 0 N–H and O–H groups in total. The number of nitrogens with zero attached hydrogens (tertiary/aromatic N) is 3. The molecule has 5 rings (SSSR count). The van der Waals surface area contributed by atoms with Gasteiger partial charge in [0.15, 0.2) is 11.6 Å². The molecule has 0 atom stereocenters. The summed E-state index contributed by atoms with van der Waals surface area (Å²) in [6.45, 7) is 0. The van der Waals surface area contributed by atoms with E-state index in [2.05, 4.69) is 4.98 Å². The molecule has 0 unspecified atom stereocenters. The maximum atomic E-state index is 13.1. The van der Waals surface area contributed by atoms with E-state index in [-0.39, 0.29) is 28.0 Å². The molecule has 6 nitrogen and oxygen atoms in total. The number of ether oxygens (including phenoxy) is 1. The number of para-hydroxylation sites is 1. The van der Waals surface area contributed by atoms with E-state index in [1.807, 2.05) is 6.07 Å². The van der Waals surface area contributed by atoms with Gasteiger partial charge < -0.3 is 4.74 Å². The van der Waals surface area contributed by atoms with Crippen LogP contribution in [0.3, 0.4) is 0 Å². The van der Waals surface area contributed by atoms with Crippen molar-refractivity contribution < 1.29 is 13.9 Å². The molecular formula is C22H10FN3O3. The third-order valence-electron chi connectivity index (χ3n) is 4.72. The van der Waals surface area contributed by atoms with Crippen LogP contribution in [0.5, 0.6) is 11.5 Å². The number of fused-ring (bicyclic) bond motifs is 4. The van der Waals surface area contributed by atoms with Crippen molar-refractivity contribution in [2.75, 3.05) is 0 Å². The van der Waals surface area contributed by atoms with Gasteiger partial charge in [-0.15, -0.1) is 0 Å². The van der Waals surface area contributed by atoms with Crippen LogP contribution in [0.2, 0.25) is 0 Å². The summed E-state index contributed by atoms with van der Waals surface area (Å²) in [5.41, 5.74) is 0.794. The van der Waals surface area contributed by atoms with Gasteiger partial charge in [0.05, 0.1) is 28.3 Å². The summed E-state index contributed by atoms with van der Waals surface area (Å²) >= 11 is 0. The van der Waals surface area contributed by atoms with Crippen molar-refractivity contribution >= 4 is 16.7 Å². The lowest BCUT2D eigenvalue weighted by molar-refractivity contribution is 0.103. The van der Waals surface area contributed by atoms with Gasteiger partial charge in [-0.1, -0.05) is 6.07 Å². The molecule has 0 fully saturated rings. The maximum absolute atomic E-state index is 13.1. The second-order valence-electron chi connectivity index (χ2n) is 6.46. The Morgan fingerprint density at radius 2 is 1.83 bits per heavy atom. The summed E-state index contributed by atoms with van der Waals surface area (Å²) in [6, 6.07) is 16.8. The molecule has 3 aromatic carbocycles. The molecule has 1 aliphatic rings. The molecule has 4 aromatic rings. The molecule has 0 saturated heterocycles. The molecule has 1 aliphatic heterocycles. The summed E-state index contributed by atoms with van der Waals surface area (Å²) in [4.78, 5) is 30.4. The first-order chi connectivity index (χ1) is 14.1. The number of nitriles is 1. The number of aromatic nitrogens is 2. The number of carbonyl (C=O) groups excluding carboxylic acids is 1. The van der Waals surface area contributed by atoms with Crippen LogP contribution in [0, 0.1) is 17.1 Å². The van der Waals surface area contributed by atoms with Gasteiger partial charge in [0.1, 0.15) is 17.1 Å². The minimum Gasteiger partial charge on any atom is -0.455 e. The quantitative estimate of drug-likeness (QED) is 0.464. The average molecular weight is 383 g/mol. The highest BCUT2D eigenvalue weighted by molar-refractivity contribution is 6.13. The van der Waals surface area contributed by atoms with E-state index in [4.69, 9.17) is 10.00 Å². The van der Waals surface area contributed by atoms with E-state index >= 15 is 0 Å². The fourth-order valence-electron chi connectivity index (χ4n) is 3.37. The number of hydrogen-bond acceptors (Lipinski definition) is 5. The Morgan fingerprint density at radius 3 is 2.59 bits per heavy atom. The summed E-state index contributed by atoms with van der Waals surface area (Å²) in [7, 11) is 0. The van der Waals surface area contributed by atoms with Gasteiger partial charge in [0.25, 0.3) is 5.56 Å². The lowest BCUT2D eigenvalue weighted by atomic mass is 10.1. The Bertz CT molecular complexity index is 1430. The van der Waals surface area contributed by atoms with Crippen LogP contribution in [0.25, 0.3) is 16.6 Å². The summed E-state index contributed by atoms with van der Waals surface area (Å²) in [5, 5.41) is 9.37. The molecule has 0 aliphatic carbocycles. The fraction of sp³-hybridized carbons (Fsp3) is 0. The van der Waals surface area contributed by atoms with E-state index in [0.717, 1.165) is 0 Å². The zero-order valence-electron chi connectivity index (χ0n) is 14.7. The van der Waals surface area contributed by atoms with Crippen LogP contribution in [0.1, 0.15) is 21.7 Å². The first-order valence-corrected chi connectivity index (χ1v) is 8.65. The smallest absolute Gasteiger partial charge is 0.266 e. The molecule has 0 bridgehead atoms. The topological polar surface area (TPSA) is 85.0 Å². The van der Waals surface area contributed by atoms with E-state index in [0.29, 0.717) is 17.0 Å². The van der Waals surface area contributed by atoms with Gasteiger partial charge in [-0.25, -0.2) is 9.37 Å². The molecule has 29 heavy (non-hydrogen) atoms. The molecule has 2 heterocycles. The van der Waals surface area contributed by atoms with Crippen molar-refractivity contribution in [1.29, 1.82) is 5.26 Å². The van der Waals surface area contributed by atoms with Crippen molar-refractivity contribution in [1.82, 2.24) is 9.55 Å². The average Bonchev–Trinajstić information content (AvgIpc) is 3.02. The first kappa shape index (κ1) is 16.8. The molecule has 1 aromatic heterocycles. The summed E-state index contributed by atoms with van der Waals surface area (Å²) < 4.78 is 20.2. The minimum absolute atomic E-state index is 0.0391. The van der Waals surface area contributed by atoms with Crippen molar-refractivity contribution in [2.45, 2.75) is 0 Å². The van der Waals surface area contributed by atoms with Gasteiger partial charge in [-0.05, 0) is 54.6 Å². The zero-order chi connectivity index (χ0) is 20.1. The molecule has 0 amide bonds. The van der Waals surface area contributed by atoms with Crippen LogP contribution in [0.15, 0.2) is 65.5 Å². The van der Waals surface area contributed by atoms with Crippen LogP contribution >= 0.6 is 0 Å². The predicted octanol–water partition coefficient (Wildman–Crippen LogP) is 3.73. The number of hydrogen-bond donors (Lipinski definition) is 0. The second-order valence-corrected chi connectivity index (χ2v) is 6.46. The van der Waals surface area contributed by atoms with Crippen LogP contribution in [0.4, 0.5) is 4.39 Å². The van der Waals surface area contributed by atoms with E-state index in [1.165, 1.54) is 34.9 Å². The molecule has 7 heteroatoms. The molecule has 138 valence electrons. The maximum Gasteiger partial charge on any atom is 0.266 e. The standard InChI is InChI=1S/C22H10FN3O3/c23-13-5-7-14(8-6-13)29-18-3-1-2-15-19(18)25-21-20(27)16-10-12(11-24)4-9-17(16)26(21)22(15)28/h1-10H. The highest BCUT2D eigenvalue weighted by Gasteiger charge is 2.31. The lowest BCUT2D eigenvalue weighted by Crippen LogP contribution is -2.21. The molecule has 0 saturated carbocycles. The molecular weight excluding hydrogens is 373 g/mol. The highest BCUT2D eigenvalue weighted by atomic mass is 19.1. The SMILES string of the molecule is N#Cc1ccc2c(c1)C(=O)c1nc3c(Oc4ccc(F)cc4)cccc3c(=O)n1-2. The van der Waals surface area contributed by atoms with Gasteiger partial charge >= 0.3 is 0 Å². The van der Waals surface area contributed by atoms with Gasteiger partial charge in [-0.2, -0.15) is 5.26 Å². The van der Waals surface area contributed by atoms with Gasteiger partial charge in [0.2, 0.25) is 5.78 Å². The number of rotatable bonds is 2. The van der Waals surface area contributed by atoms with E-state index < -0.39 is 17.2 Å². The Hall–Kier alpha value is -4.31. The third-order valence-corrected chi connectivity index (χ3v) is 4.72. The van der Waals surface area contributed by atoms with Crippen molar-refractivity contribution in [3.8, 4) is 23.3 Å². The van der Waals surface area contributed by atoms with Crippen molar-refractivity contribution in [3.63, 3.8) is 0 Å². The summed E-state index contributed by atoms with van der Waals surface area (Å²) in [5.74, 6) is -0.231. The highest BCUT2D eigenvalue weighted by Crippen LogP contribution is 2.31. The van der Waals surface area contributed by atoms with E-state index in [1.54, 1.807) is 30.3 Å². The number of ketones is 1. The molecule has 0 spiro atoms. The largest absolute Gasteiger partial charge is 0.455 e. The summed E-state index contributed by atoms with van der Waals surface area (Å²) in [6.07, 6.45) is 0. The van der Waals surface area contributed by atoms with E-state index in [9.17, 15) is 14.0 Å². The number of halogens is 1. The number of benzene rings is 3. The fourth-order valence-corrected chi connectivity index (χ4v) is 3.37. The Labute approximate surface area is 163 Å². The predicted molar refractivity (Wildman–Crippen MR) is 102 cm³/mol. The van der Waals surface area contributed by atoms with Crippen molar-refractivity contribution in [3.05, 3.63) is 93.8 Å². The monoisotopic (exact) mass is 383 g/mol. The lowest BCUT2D eigenvalue weighted by Gasteiger charge is -2.10. The van der Waals surface area contributed by atoms with Crippen LogP contribution in [-0.2, 0) is 0 Å². The normalized spacial score (nSPS) is 11.8. The molecule has 0 radical (unpaired) electrons. The Morgan fingerprint density at radius 1 is 1.03 bits per heavy atom. The second kappa shape index (κ2) is 6.11. The first-order valence-electron chi connectivity index (χ1n) is 8.65. The Kier molecular flexibility index (Phi) is 3.54.